The predicted molar refractivity (Wildman–Crippen MR) is 65.2 cm³/mol. The molecule has 2 rings (SSSR count). The van der Waals surface area contributed by atoms with Crippen molar-refractivity contribution in [3.8, 4) is 0 Å². The topological polar surface area (TPSA) is 71.8 Å². The summed E-state index contributed by atoms with van der Waals surface area (Å²) < 4.78 is 13.6. The van der Waals surface area contributed by atoms with Crippen LogP contribution in [0.4, 0.5) is 10.1 Å². The Bertz CT molecular complexity index is 585. The van der Waals surface area contributed by atoms with Gasteiger partial charge in [-0.3, -0.25) is 4.79 Å². The van der Waals surface area contributed by atoms with Crippen LogP contribution >= 0.6 is 11.8 Å². The van der Waals surface area contributed by atoms with Gasteiger partial charge in [-0.15, -0.1) is 0 Å². The maximum Gasteiger partial charge on any atom is 0.251 e. The van der Waals surface area contributed by atoms with Gasteiger partial charge in [0.15, 0.2) is 5.16 Å². The number of thioether (sulfide) groups is 1. The molecule has 0 aliphatic heterocycles. The second-order valence-electron chi connectivity index (χ2n) is 3.35. The molecule has 0 spiro atoms. The Labute approximate surface area is 101 Å². The van der Waals surface area contributed by atoms with E-state index in [1.54, 1.807) is 12.1 Å². The lowest BCUT2D eigenvalue weighted by Gasteiger charge is -2.04. The number of hydrogen-bond acceptors (Lipinski definition) is 4. The molecule has 1 aromatic carbocycles. The number of rotatable bonds is 3. The summed E-state index contributed by atoms with van der Waals surface area (Å²) in [6, 6.07) is 6.17. The average molecular weight is 251 g/mol. The lowest BCUT2D eigenvalue weighted by atomic mass is 10.2. The molecular formula is C11H10FN3OS. The molecule has 1 heterocycles. The van der Waals surface area contributed by atoms with E-state index in [0.29, 0.717) is 16.5 Å². The smallest absolute Gasteiger partial charge is 0.251 e. The molecule has 0 fully saturated rings. The molecule has 0 aliphatic rings. The molecule has 4 nitrogen and oxygen atoms in total. The summed E-state index contributed by atoms with van der Waals surface area (Å²) >= 11 is 1.25. The highest BCUT2D eigenvalue weighted by atomic mass is 32.2. The average Bonchev–Trinajstić information content (AvgIpc) is 2.31. The van der Waals surface area contributed by atoms with Crippen molar-refractivity contribution in [2.75, 3.05) is 5.73 Å². The number of aromatic nitrogens is 2. The number of anilines is 1. The molecule has 1 aromatic heterocycles. The highest BCUT2D eigenvalue weighted by Gasteiger charge is 2.06. The van der Waals surface area contributed by atoms with Crippen molar-refractivity contribution in [2.45, 2.75) is 10.9 Å². The van der Waals surface area contributed by atoms with Crippen LogP contribution in [0.15, 0.2) is 40.4 Å². The molecule has 0 bridgehead atoms. The van der Waals surface area contributed by atoms with E-state index >= 15 is 0 Å². The molecular weight excluding hydrogens is 241 g/mol. The van der Waals surface area contributed by atoms with Crippen LogP contribution in [0, 0.1) is 5.82 Å². The minimum Gasteiger partial charge on any atom is -0.396 e. The predicted octanol–water partition coefficient (Wildman–Crippen LogP) is 1.78. The minimum absolute atomic E-state index is 0.123. The summed E-state index contributed by atoms with van der Waals surface area (Å²) in [7, 11) is 0. The molecule has 0 saturated heterocycles. The van der Waals surface area contributed by atoms with E-state index in [1.807, 2.05) is 0 Å². The Kier molecular flexibility index (Phi) is 3.43. The quantitative estimate of drug-likeness (QED) is 0.495. The van der Waals surface area contributed by atoms with Crippen LogP contribution in [0.2, 0.25) is 0 Å². The van der Waals surface area contributed by atoms with Crippen LogP contribution in [0.25, 0.3) is 0 Å². The molecule has 88 valence electrons. The first-order chi connectivity index (χ1) is 8.16. The van der Waals surface area contributed by atoms with Gasteiger partial charge in [0.25, 0.3) is 5.56 Å². The summed E-state index contributed by atoms with van der Waals surface area (Å²) in [5.41, 5.74) is 5.84. The monoisotopic (exact) mass is 251 g/mol. The summed E-state index contributed by atoms with van der Waals surface area (Å²) in [6.45, 7) is 0. The standard InChI is InChI=1S/C11H10FN3OS/c12-10-7(2-1-3-8(10)13)6-17-11-14-5-4-9(16)15-11/h1-5H,6,13H2,(H,14,15,16). The van der Waals surface area contributed by atoms with Gasteiger partial charge in [-0.2, -0.15) is 0 Å². The van der Waals surface area contributed by atoms with Gasteiger partial charge in [0.2, 0.25) is 0 Å². The summed E-state index contributed by atoms with van der Waals surface area (Å²) in [5.74, 6) is -0.0534. The zero-order valence-electron chi connectivity index (χ0n) is 8.81. The number of nitrogens with two attached hydrogens (primary N) is 1. The van der Waals surface area contributed by atoms with Gasteiger partial charge in [-0.25, -0.2) is 9.37 Å². The third kappa shape index (κ3) is 2.85. The molecule has 0 atom stereocenters. The number of hydrogen-bond donors (Lipinski definition) is 2. The van der Waals surface area contributed by atoms with E-state index in [2.05, 4.69) is 9.97 Å². The molecule has 17 heavy (non-hydrogen) atoms. The van der Waals surface area contributed by atoms with Crippen molar-refractivity contribution < 1.29 is 4.39 Å². The molecule has 3 N–H and O–H groups in total. The number of H-pyrrole nitrogens is 1. The van der Waals surface area contributed by atoms with Gasteiger partial charge in [-0.05, 0) is 6.07 Å². The first-order valence-electron chi connectivity index (χ1n) is 4.88. The number of nitrogens with zero attached hydrogens (tertiary/aromatic N) is 1. The zero-order valence-corrected chi connectivity index (χ0v) is 9.63. The first-order valence-corrected chi connectivity index (χ1v) is 5.86. The molecule has 0 radical (unpaired) electrons. The van der Waals surface area contributed by atoms with Gasteiger partial charge in [-0.1, -0.05) is 23.9 Å². The molecule has 0 aliphatic carbocycles. The van der Waals surface area contributed by atoms with Gasteiger partial charge in [0.05, 0.1) is 5.69 Å². The van der Waals surface area contributed by atoms with E-state index < -0.39 is 5.82 Å². The Morgan fingerprint density at radius 3 is 3.00 bits per heavy atom. The van der Waals surface area contributed by atoms with Crippen LogP contribution in [0.1, 0.15) is 5.56 Å². The second-order valence-corrected chi connectivity index (χ2v) is 4.31. The third-order valence-corrected chi connectivity index (χ3v) is 3.06. The molecule has 0 saturated carbocycles. The Morgan fingerprint density at radius 1 is 1.41 bits per heavy atom. The van der Waals surface area contributed by atoms with Crippen molar-refractivity contribution in [1.82, 2.24) is 9.97 Å². The number of nitrogens with one attached hydrogen (secondary N) is 1. The largest absolute Gasteiger partial charge is 0.396 e. The number of halogens is 1. The van der Waals surface area contributed by atoms with Crippen LogP contribution in [0.5, 0.6) is 0 Å². The molecule has 0 amide bonds. The van der Waals surface area contributed by atoms with Crippen molar-refractivity contribution >= 4 is 17.4 Å². The highest BCUT2D eigenvalue weighted by Crippen LogP contribution is 2.22. The lowest BCUT2D eigenvalue weighted by Crippen LogP contribution is -2.05. The SMILES string of the molecule is Nc1cccc(CSc2nccc(=O)[nH]2)c1F. The first kappa shape index (κ1) is 11.7. The van der Waals surface area contributed by atoms with E-state index in [-0.39, 0.29) is 11.2 Å². The summed E-state index contributed by atoms with van der Waals surface area (Å²) in [6.07, 6.45) is 1.41. The lowest BCUT2D eigenvalue weighted by molar-refractivity contribution is 0.622. The van der Waals surface area contributed by atoms with E-state index in [9.17, 15) is 9.18 Å². The van der Waals surface area contributed by atoms with Gasteiger partial charge in [0.1, 0.15) is 5.82 Å². The van der Waals surface area contributed by atoms with Crippen molar-refractivity contribution in [2.24, 2.45) is 0 Å². The van der Waals surface area contributed by atoms with E-state index in [0.717, 1.165) is 0 Å². The fourth-order valence-corrected chi connectivity index (χ4v) is 2.11. The Hall–Kier alpha value is -1.82. The van der Waals surface area contributed by atoms with Crippen molar-refractivity contribution in [3.05, 3.63) is 52.2 Å². The van der Waals surface area contributed by atoms with Gasteiger partial charge in [0, 0.05) is 23.6 Å². The molecule has 0 unspecified atom stereocenters. The fourth-order valence-electron chi connectivity index (χ4n) is 1.28. The van der Waals surface area contributed by atoms with E-state index in [4.69, 9.17) is 5.73 Å². The Balaban J connectivity index is 2.13. The van der Waals surface area contributed by atoms with Gasteiger partial charge < -0.3 is 10.7 Å². The number of aromatic amines is 1. The van der Waals surface area contributed by atoms with E-state index in [1.165, 1.54) is 30.1 Å². The van der Waals surface area contributed by atoms with Crippen LogP contribution in [-0.4, -0.2) is 9.97 Å². The van der Waals surface area contributed by atoms with Crippen LogP contribution < -0.4 is 11.3 Å². The summed E-state index contributed by atoms with van der Waals surface area (Å²) in [4.78, 5) is 17.5. The fraction of sp³-hybridized carbons (Fsp3) is 0.0909. The number of benzene rings is 1. The minimum atomic E-state index is -0.418. The normalized spacial score (nSPS) is 10.4. The number of nitrogen functional groups attached to an aromatic ring is 1. The van der Waals surface area contributed by atoms with Crippen molar-refractivity contribution in [3.63, 3.8) is 0 Å². The molecule has 6 heteroatoms. The zero-order chi connectivity index (χ0) is 12.3. The van der Waals surface area contributed by atoms with Crippen LogP contribution in [-0.2, 0) is 5.75 Å². The van der Waals surface area contributed by atoms with Crippen LogP contribution in [0.3, 0.4) is 0 Å². The third-order valence-electron chi connectivity index (χ3n) is 2.12. The maximum atomic E-state index is 13.6. The Morgan fingerprint density at radius 2 is 2.24 bits per heavy atom. The molecule has 2 aromatic rings. The van der Waals surface area contributed by atoms with Crippen molar-refractivity contribution in [1.29, 1.82) is 0 Å². The maximum absolute atomic E-state index is 13.6. The summed E-state index contributed by atoms with van der Waals surface area (Å²) in [5, 5.41) is 0.458. The highest BCUT2D eigenvalue weighted by molar-refractivity contribution is 7.98. The second kappa shape index (κ2) is 5.01. The van der Waals surface area contributed by atoms with Gasteiger partial charge >= 0.3 is 0 Å².